The van der Waals surface area contributed by atoms with Crippen LogP contribution in [0.15, 0.2) is 158 Å². The van der Waals surface area contributed by atoms with Crippen LogP contribution >= 0.6 is 0 Å². The molecule has 0 heterocycles. The molecular weight excluding hydrogens is 1040 g/mol. The highest BCUT2D eigenvalue weighted by Crippen LogP contribution is 2.70. The van der Waals surface area contributed by atoms with Gasteiger partial charge in [-0.05, 0) is 201 Å². The number of hydrogen-bond donors (Lipinski definition) is 5. The van der Waals surface area contributed by atoms with Crippen LogP contribution in [0.2, 0.25) is 0 Å². The first-order chi connectivity index (χ1) is 40.3. The molecule has 0 aliphatic heterocycles. The van der Waals surface area contributed by atoms with Gasteiger partial charge in [0, 0.05) is 24.7 Å². The quantitative estimate of drug-likeness (QED) is 0.0696. The van der Waals surface area contributed by atoms with Crippen LogP contribution in [0.5, 0.6) is 28.7 Å². The number of fused-ring (bicyclic) bond motifs is 6. The number of esters is 2. The molecule has 12 atom stereocenters. The maximum atomic E-state index is 16.6. The van der Waals surface area contributed by atoms with Crippen molar-refractivity contribution in [3.63, 3.8) is 0 Å². The lowest BCUT2D eigenvalue weighted by atomic mass is 9.38. The number of benzene rings is 8. The summed E-state index contributed by atoms with van der Waals surface area (Å²) in [5.74, 6) is -2.27. The monoisotopic (exact) mass is 1110 g/mol. The molecule has 426 valence electrons. The predicted octanol–water partition coefficient (Wildman–Crippen LogP) is 13.1. The fourth-order valence-corrected chi connectivity index (χ4v) is 17.0. The fraction of sp³-hybridized carbons (Fsp3) is 0.361. The number of phenolic OH excluding ortho intramolecular Hbond substituents is 3. The van der Waals surface area contributed by atoms with Crippen LogP contribution in [0, 0.1) is 23.7 Å². The lowest BCUT2D eigenvalue weighted by molar-refractivity contribution is -0.174. The molecule has 13 rings (SSSR count). The zero-order chi connectivity index (χ0) is 57.3. The van der Waals surface area contributed by atoms with Gasteiger partial charge in [-0.3, -0.25) is 9.59 Å². The number of hydrogen-bond acceptors (Lipinski definition) is 11. The Morgan fingerprint density at radius 2 is 1.37 bits per heavy atom. The SMILES string of the molecule is COc1cc2c(cc1O)C1CC(O)C3Cc4cc(O)c(OC)cc4C4CC(OC(=O)C5(c6ccc7cc(O)cc(-c8ccccc8)c7c6)CCCC5CCC(O)Cc5ccccc5)CC(OC(C)=O)C(C2)C1(c1ccc2ccccc2c1)C43. The van der Waals surface area contributed by atoms with Crippen molar-refractivity contribution in [3.05, 3.63) is 197 Å². The van der Waals surface area contributed by atoms with Gasteiger partial charge in [-0.15, -0.1) is 0 Å². The average Bonchev–Trinajstić information content (AvgIpc) is 1.19. The molecule has 0 aromatic heterocycles. The van der Waals surface area contributed by atoms with Gasteiger partial charge in [-0.1, -0.05) is 122 Å². The number of aliphatic hydroxyl groups is 2. The second-order valence-corrected chi connectivity index (χ2v) is 24.5. The normalized spacial score (nSPS) is 27.3. The van der Waals surface area contributed by atoms with Crippen LogP contribution in [0.25, 0.3) is 32.7 Å². The van der Waals surface area contributed by atoms with Crippen molar-refractivity contribution in [2.24, 2.45) is 23.7 Å². The molecule has 0 radical (unpaired) electrons. The van der Waals surface area contributed by atoms with E-state index in [1.54, 1.807) is 25.3 Å². The molecule has 5 N–H and O–H groups in total. The van der Waals surface area contributed by atoms with Gasteiger partial charge >= 0.3 is 11.9 Å². The van der Waals surface area contributed by atoms with Crippen molar-refractivity contribution >= 4 is 33.5 Å². The van der Waals surface area contributed by atoms with E-state index in [-0.39, 0.29) is 53.3 Å². The molecule has 3 fully saturated rings. The number of carbonyl (C=O) groups is 2. The Kier molecular flexibility index (Phi) is 14.2. The molecule has 5 aliphatic rings. The second-order valence-electron chi connectivity index (χ2n) is 24.5. The number of aliphatic hydroxyl groups excluding tert-OH is 2. The minimum Gasteiger partial charge on any atom is -0.508 e. The van der Waals surface area contributed by atoms with Crippen molar-refractivity contribution in [2.45, 2.75) is 125 Å². The summed E-state index contributed by atoms with van der Waals surface area (Å²) in [5, 5.41) is 62.8. The van der Waals surface area contributed by atoms with E-state index in [4.69, 9.17) is 18.9 Å². The molecule has 83 heavy (non-hydrogen) atoms. The number of aromatic hydroxyl groups is 3. The van der Waals surface area contributed by atoms with Crippen LogP contribution in [0.3, 0.4) is 0 Å². The Hall–Kier alpha value is -7.86. The second kappa shape index (κ2) is 21.7. The summed E-state index contributed by atoms with van der Waals surface area (Å²) in [4.78, 5) is 30.6. The van der Waals surface area contributed by atoms with Crippen LogP contribution < -0.4 is 9.47 Å². The number of rotatable bonds is 13. The van der Waals surface area contributed by atoms with E-state index < -0.39 is 53.1 Å². The largest absolute Gasteiger partial charge is 0.508 e. The molecule has 5 aliphatic carbocycles. The lowest BCUT2D eigenvalue weighted by Crippen LogP contribution is -2.65. The highest BCUT2D eigenvalue weighted by atomic mass is 16.6. The topological polar surface area (TPSA) is 172 Å². The number of phenols is 3. The smallest absolute Gasteiger partial charge is 0.317 e. The predicted molar refractivity (Wildman–Crippen MR) is 319 cm³/mol. The summed E-state index contributed by atoms with van der Waals surface area (Å²) < 4.78 is 25.8. The molecular formula is C72H72O11. The van der Waals surface area contributed by atoms with E-state index in [1.807, 2.05) is 103 Å². The zero-order valence-electron chi connectivity index (χ0n) is 47.2. The van der Waals surface area contributed by atoms with Crippen molar-refractivity contribution in [1.82, 2.24) is 0 Å². The number of ether oxygens (including phenoxy) is 4. The maximum absolute atomic E-state index is 16.6. The summed E-state index contributed by atoms with van der Waals surface area (Å²) >= 11 is 0. The van der Waals surface area contributed by atoms with Crippen molar-refractivity contribution in [1.29, 1.82) is 0 Å². The molecule has 3 saturated carbocycles. The van der Waals surface area contributed by atoms with E-state index in [2.05, 4.69) is 36.4 Å². The van der Waals surface area contributed by atoms with Gasteiger partial charge in [0.15, 0.2) is 23.0 Å². The van der Waals surface area contributed by atoms with Crippen molar-refractivity contribution in [3.8, 4) is 39.9 Å². The van der Waals surface area contributed by atoms with Crippen LogP contribution in [-0.4, -0.2) is 76.1 Å². The lowest BCUT2D eigenvalue weighted by Gasteiger charge is -2.66. The summed E-state index contributed by atoms with van der Waals surface area (Å²) in [6.45, 7) is 1.44. The first kappa shape index (κ1) is 54.4. The third-order valence-electron chi connectivity index (χ3n) is 20.3. The van der Waals surface area contributed by atoms with Gasteiger partial charge < -0.3 is 44.5 Å². The molecule has 0 bridgehead atoms. The zero-order valence-corrected chi connectivity index (χ0v) is 47.2. The van der Waals surface area contributed by atoms with Crippen molar-refractivity contribution < 1.29 is 54.1 Å². The third kappa shape index (κ3) is 9.35. The van der Waals surface area contributed by atoms with Gasteiger partial charge in [0.2, 0.25) is 0 Å². The molecule has 11 heteroatoms. The summed E-state index contributed by atoms with van der Waals surface area (Å²) in [6, 6.07) is 51.9. The summed E-state index contributed by atoms with van der Waals surface area (Å²) in [6.07, 6.45) is 2.01. The van der Waals surface area contributed by atoms with Crippen LogP contribution in [-0.2, 0) is 49.2 Å². The molecule has 0 amide bonds. The van der Waals surface area contributed by atoms with Crippen LogP contribution in [0.4, 0.5) is 0 Å². The molecule has 11 nitrogen and oxygen atoms in total. The summed E-state index contributed by atoms with van der Waals surface area (Å²) in [7, 11) is 3.08. The Morgan fingerprint density at radius 1 is 0.675 bits per heavy atom. The highest BCUT2D eigenvalue weighted by molar-refractivity contribution is 5.99. The van der Waals surface area contributed by atoms with Gasteiger partial charge in [-0.2, -0.15) is 0 Å². The summed E-state index contributed by atoms with van der Waals surface area (Å²) in [5.41, 5.74) is 6.28. The van der Waals surface area contributed by atoms with E-state index in [0.717, 1.165) is 84.5 Å². The van der Waals surface area contributed by atoms with Crippen LogP contribution in [0.1, 0.15) is 109 Å². The Bertz CT molecular complexity index is 3770. The molecule has 0 spiro atoms. The van der Waals surface area contributed by atoms with E-state index >= 15 is 4.79 Å². The maximum Gasteiger partial charge on any atom is 0.317 e. The Morgan fingerprint density at radius 3 is 2.14 bits per heavy atom. The highest BCUT2D eigenvalue weighted by Gasteiger charge is 2.67. The number of carbonyl (C=O) groups excluding carboxylic acids is 2. The molecule has 8 aromatic carbocycles. The minimum absolute atomic E-state index is 0.000725. The average molecular weight is 1110 g/mol. The standard InChI is InChI=1S/C72H72O11/c1-41(73)82-66-37-54(83-70(79)71(26-12-19-49(71)24-25-52(74)27-42-13-6-4-7-14-42)50-22-21-46-29-53(75)35-56(55(46)34-50)44-16-8-5-9-17-44)36-59-57-39-68(81-3)64(77)32-47(57)30-60-63(76)40-61-58-38-65(78)67(80-2)33-48(58)31-62(66)72(61,69(59)60)51-23-20-43-15-10-11-18-45(43)28-51/h4-11,13-18,20-23,28-29,32-35,38-39,49,52,54,59-63,66,69,74-78H,12,19,24-27,30-31,36-37,40H2,1-3H3. The molecule has 0 saturated heterocycles. The fourth-order valence-electron chi connectivity index (χ4n) is 17.0. The Labute approximate surface area is 484 Å². The first-order valence-corrected chi connectivity index (χ1v) is 29.7. The van der Waals surface area contributed by atoms with E-state index in [1.165, 1.54) is 14.0 Å². The number of methoxy groups -OCH3 is 2. The van der Waals surface area contributed by atoms with Gasteiger partial charge in [-0.25, -0.2) is 0 Å². The van der Waals surface area contributed by atoms with Gasteiger partial charge in [0.05, 0.1) is 31.8 Å². The van der Waals surface area contributed by atoms with E-state index in [0.29, 0.717) is 62.9 Å². The van der Waals surface area contributed by atoms with Crippen molar-refractivity contribution in [2.75, 3.05) is 14.2 Å². The van der Waals surface area contributed by atoms with E-state index in [9.17, 15) is 30.3 Å². The minimum atomic E-state index is -1.17. The van der Waals surface area contributed by atoms with Gasteiger partial charge in [0.1, 0.15) is 18.0 Å². The molecule has 8 aromatic rings. The first-order valence-electron chi connectivity index (χ1n) is 29.7. The van der Waals surface area contributed by atoms with Gasteiger partial charge in [0.25, 0.3) is 0 Å². The third-order valence-corrected chi connectivity index (χ3v) is 20.3. The Balaban J connectivity index is 0.994. The molecule has 12 unspecified atom stereocenters.